The van der Waals surface area contributed by atoms with Crippen LogP contribution in [0.3, 0.4) is 0 Å². The highest BCUT2D eigenvalue weighted by Gasteiger charge is 2.32. The van der Waals surface area contributed by atoms with Gasteiger partial charge in [0, 0.05) is 43.0 Å². The minimum atomic E-state index is -0.383. The number of carbonyl (C=O) groups is 1. The number of aromatic amines is 1. The first-order chi connectivity index (χ1) is 14.8. The fourth-order valence-electron chi connectivity index (χ4n) is 4.78. The molecular formula is C24H34N4O2S. The predicted octanol–water partition coefficient (Wildman–Crippen LogP) is 3.96. The van der Waals surface area contributed by atoms with E-state index in [1.165, 1.54) is 5.56 Å². The van der Waals surface area contributed by atoms with Crippen molar-refractivity contribution >= 4 is 17.2 Å². The molecule has 1 N–H and O–H groups in total. The summed E-state index contributed by atoms with van der Waals surface area (Å²) in [6.45, 7) is 10.4. The molecule has 0 radical (unpaired) electrons. The highest BCUT2D eigenvalue weighted by molar-refractivity contribution is 7.07. The summed E-state index contributed by atoms with van der Waals surface area (Å²) in [5, 5.41) is 4.34. The molecule has 31 heavy (non-hydrogen) atoms. The molecule has 168 valence electrons. The van der Waals surface area contributed by atoms with Crippen molar-refractivity contribution in [1.82, 2.24) is 19.8 Å². The number of carbonyl (C=O) groups excluding carboxylic acids is 1. The van der Waals surface area contributed by atoms with E-state index in [9.17, 15) is 9.59 Å². The molecule has 0 bridgehead atoms. The molecule has 0 aromatic carbocycles. The van der Waals surface area contributed by atoms with E-state index in [0.717, 1.165) is 63.4 Å². The summed E-state index contributed by atoms with van der Waals surface area (Å²) in [5.41, 5.74) is 1.78. The molecule has 2 fully saturated rings. The summed E-state index contributed by atoms with van der Waals surface area (Å²) < 4.78 is 0. The second kappa shape index (κ2) is 9.25. The van der Waals surface area contributed by atoms with Crippen LogP contribution in [0.5, 0.6) is 0 Å². The van der Waals surface area contributed by atoms with Gasteiger partial charge < -0.3 is 9.88 Å². The maximum atomic E-state index is 12.8. The van der Waals surface area contributed by atoms with Crippen LogP contribution in [0.2, 0.25) is 0 Å². The number of likely N-dealkylation sites (tertiary alicyclic amines) is 2. The molecule has 2 aromatic rings. The van der Waals surface area contributed by atoms with E-state index in [0.29, 0.717) is 12.5 Å². The van der Waals surface area contributed by atoms with Crippen LogP contribution in [0.15, 0.2) is 27.7 Å². The van der Waals surface area contributed by atoms with Crippen molar-refractivity contribution < 1.29 is 4.79 Å². The number of amides is 1. The zero-order valence-corrected chi connectivity index (χ0v) is 19.7. The van der Waals surface area contributed by atoms with Gasteiger partial charge in [-0.1, -0.05) is 20.8 Å². The van der Waals surface area contributed by atoms with Crippen LogP contribution in [0.4, 0.5) is 0 Å². The summed E-state index contributed by atoms with van der Waals surface area (Å²) in [7, 11) is 0. The fourth-order valence-corrected chi connectivity index (χ4v) is 5.44. The van der Waals surface area contributed by atoms with Crippen LogP contribution in [-0.4, -0.2) is 51.9 Å². The van der Waals surface area contributed by atoms with Crippen LogP contribution in [0.1, 0.15) is 75.4 Å². The lowest BCUT2D eigenvalue weighted by atomic mass is 9.89. The monoisotopic (exact) mass is 442 g/mol. The summed E-state index contributed by atoms with van der Waals surface area (Å²) >= 11 is 1.74. The van der Waals surface area contributed by atoms with E-state index in [1.807, 2.05) is 25.7 Å². The fraction of sp³-hybridized carbons (Fsp3) is 0.625. The predicted molar refractivity (Wildman–Crippen MR) is 124 cm³/mol. The number of thiophene rings is 1. The molecule has 2 saturated heterocycles. The number of aromatic nitrogens is 2. The van der Waals surface area contributed by atoms with Crippen LogP contribution in [0.25, 0.3) is 0 Å². The van der Waals surface area contributed by atoms with Gasteiger partial charge in [-0.15, -0.1) is 0 Å². The van der Waals surface area contributed by atoms with E-state index >= 15 is 0 Å². The van der Waals surface area contributed by atoms with Gasteiger partial charge in [-0.05, 0) is 61.2 Å². The van der Waals surface area contributed by atoms with E-state index in [4.69, 9.17) is 4.98 Å². The lowest BCUT2D eigenvalue weighted by Crippen LogP contribution is -2.45. The first-order valence-electron chi connectivity index (χ1n) is 11.4. The number of hydrogen-bond donors (Lipinski definition) is 1. The lowest BCUT2D eigenvalue weighted by Gasteiger charge is -2.36. The molecule has 2 aromatic heterocycles. The quantitative estimate of drug-likeness (QED) is 0.778. The van der Waals surface area contributed by atoms with Crippen molar-refractivity contribution in [2.24, 2.45) is 5.41 Å². The van der Waals surface area contributed by atoms with Crippen molar-refractivity contribution in [3.63, 3.8) is 0 Å². The Kier molecular flexibility index (Phi) is 6.63. The van der Waals surface area contributed by atoms with Gasteiger partial charge in [0.25, 0.3) is 5.56 Å². The standard InChI is InChI=1S/C24H34N4O2S/c1-24(2,3)23(30)28-9-4-5-19(15-28)20-13-21(29)26-22(25-20)18-6-10-27(11-7-18)14-17-8-12-31-16-17/h8,12-13,16,18-19H,4-7,9-11,14-15H2,1-3H3,(H,25,26,29). The molecule has 2 aliphatic heterocycles. The van der Waals surface area contributed by atoms with Crippen molar-refractivity contribution in [3.05, 3.63) is 50.3 Å². The van der Waals surface area contributed by atoms with Crippen LogP contribution < -0.4 is 5.56 Å². The SMILES string of the molecule is CC(C)(C)C(=O)N1CCCC(c2cc(=O)[nH]c(C3CCN(Cc4ccsc4)CC3)n2)C1. The highest BCUT2D eigenvalue weighted by Crippen LogP contribution is 2.30. The third kappa shape index (κ3) is 5.44. The highest BCUT2D eigenvalue weighted by atomic mass is 32.1. The molecular weight excluding hydrogens is 408 g/mol. The van der Waals surface area contributed by atoms with Gasteiger partial charge in [0.1, 0.15) is 5.82 Å². The molecule has 6 nitrogen and oxygen atoms in total. The van der Waals surface area contributed by atoms with Crippen LogP contribution >= 0.6 is 11.3 Å². The zero-order valence-electron chi connectivity index (χ0n) is 18.9. The van der Waals surface area contributed by atoms with Gasteiger partial charge in [-0.3, -0.25) is 14.5 Å². The second-order valence-electron chi connectivity index (χ2n) is 10.1. The van der Waals surface area contributed by atoms with Gasteiger partial charge in [0.15, 0.2) is 0 Å². The van der Waals surface area contributed by atoms with Gasteiger partial charge in [0.2, 0.25) is 5.91 Å². The Morgan fingerprint density at radius 3 is 2.65 bits per heavy atom. The number of rotatable bonds is 4. The Balaban J connectivity index is 1.43. The number of nitrogens with zero attached hydrogens (tertiary/aromatic N) is 3. The lowest BCUT2D eigenvalue weighted by molar-refractivity contribution is -0.140. The van der Waals surface area contributed by atoms with Crippen molar-refractivity contribution in [2.75, 3.05) is 26.2 Å². The molecule has 0 spiro atoms. The number of piperidine rings is 2. The number of nitrogens with one attached hydrogen (secondary N) is 1. The minimum Gasteiger partial charge on any atom is -0.342 e. The summed E-state index contributed by atoms with van der Waals surface area (Å²) in [6, 6.07) is 3.84. The average molecular weight is 443 g/mol. The second-order valence-corrected chi connectivity index (χ2v) is 10.9. The molecule has 7 heteroatoms. The van der Waals surface area contributed by atoms with Crippen LogP contribution in [0, 0.1) is 5.41 Å². The average Bonchev–Trinajstić information content (AvgIpc) is 3.26. The largest absolute Gasteiger partial charge is 0.342 e. The maximum absolute atomic E-state index is 12.8. The van der Waals surface area contributed by atoms with Crippen molar-refractivity contribution in [3.8, 4) is 0 Å². The van der Waals surface area contributed by atoms with E-state index in [1.54, 1.807) is 17.4 Å². The Hall–Kier alpha value is -1.99. The van der Waals surface area contributed by atoms with E-state index in [-0.39, 0.29) is 22.8 Å². The molecule has 4 heterocycles. The van der Waals surface area contributed by atoms with E-state index in [2.05, 4.69) is 26.7 Å². The maximum Gasteiger partial charge on any atom is 0.251 e. The first-order valence-corrected chi connectivity index (χ1v) is 12.4. The topological polar surface area (TPSA) is 69.3 Å². The Bertz CT molecular complexity index is 939. The van der Waals surface area contributed by atoms with Crippen molar-refractivity contribution in [1.29, 1.82) is 0 Å². The van der Waals surface area contributed by atoms with Gasteiger partial charge in [-0.2, -0.15) is 11.3 Å². The molecule has 1 amide bonds. The molecule has 4 rings (SSSR count). The summed E-state index contributed by atoms with van der Waals surface area (Å²) in [6.07, 6.45) is 3.95. The smallest absolute Gasteiger partial charge is 0.251 e. The van der Waals surface area contributed by atoms with Gasteiger partial charge >= 0.3 is 0 Å². The molecule has 0 saturated carbocycles. The number of hydrogen-bond acceptors (Lipinski definition) is 5. The molecule has 2 aliphatic rings. The third-order valence-electron chi connectivity index (χ3n) is 6.51. The van der Waals surface area contributed by atoms with Crippen molar-refractivity contribution in [2.45, 2.75) is 64.8 Å². The van der Waals surface area contributed by atoms with E-state index < -0.39 is 0 Å². The molecule has 1 unspecified atom stereocenters. The summed E-state index contributed by atoms with van der Waals surface area (Å²) in [4.78, 5) is 37.6. The Morgan fingerprint density at radius 1 is 1.19 bits per heavy atom. The van der Waals surface area contributed by atoms with Gasteiger partial charge in [0.05, 0.1) is 5.69 Å². The summed E-state index contributed by atoms with van der Waals surface area (Å²) in [5.74, 6) is 1.44. The molecule has 0 aliphatic carbocycles. The normalized spacial score (nSPS) is 21.4. The van der Waals surface area contributed by atoms with Crippen LogP contribution in [-0.2, 0) is 11.3 Å². The van der Waals surface area contributed by atoms with Gasteiger partial charge in [-0.25, -0.2) is 4.98 Å². The zero-order chi connectivity index (χ0) is 22.0. The number of H-pyrrole nitrogens is 1. The first kappa shape index (κ1) is 22.2. The minimum absolute atomic E-state index is 0.0695. The Labute approximate surface area is 188 Å². The Morgan fingerprint density at radius 2 is 1.97 bits per heavy atom. The third-order valence-corrected chi connectivity index (χ3v) is 7.24. The molecule has 1 atom stereocenters.